The van der Waals surface area contributed by atoms with Crippen molar-refractivity contribution in [2.24, 2.45) is 0 Å². The molecule has 160 valence electrons. The van der Waals surface area contributed by atoms with Crippen molar-refractivity contribution in [1.29, 1.82) is 0 Å². The zero-order valence-corrected chi connectivity index (χ0v) is 18.6. The number of ether oxygens (including phenoxy) is 3. The number of unbranched alkanes of at least 4 members (excludes halogenated alkanes) is 5. The van der Waals surface area contributed by atoms with E-state index in [9.17, 15) is 4.79 Å². The van der Waals surface area contributed by atoms with Crippen LogP contribution in [0.2, 0.25) is 0 Å². The van der Waals surface area contributed by atoms with Gasteiger partial charge in [-0.2, -0.15) is 5.10 Å². The van der Waals surface area contributed by atoms with E-state index >= 15 is 0 Å². The van der Waals surface area contributed by atoms with E-state index in [4.69, 9.17) is 14.2 Å². The Morgan fingerprint density at radius 3 is 2.07 bits per heavy atom. The Hall–Kier alpha value is -2.50. The van der Waals surface area contributed by atoms with Crippen LogP contribution in [0.4, 0.5) is 0 Å². The minimum atomic E-state index is -0.209. The normalized spacial score (nSPS) is 10.8. The molecule has 0 amide bonds. The van der Waals surface area contributed by atoms with Crippen molar-refractivity contribution in [1.82, 2.24) is 9.78 Å². The Kier molecular flexibility index (Phi) is 8.55. The minimum Gasteiger partial charge on any atom is -0.493 e. The summed E-state index contributed by atoms with van der Waals surface area (Å²) in [7, 11) is 4.61. The summed E-state index contributed by atoms with van der Waals surface area (Å²) in [5.41, 5.74) is 3.42. The Balaban J connectivity index is 2.21. The van der Waals surface area contributed by atoms with Crippen molar-refractivity contribution < 1.29 is 19.0 Å². The second-order valence-corrected chi connectivity index (χ2v) is 7.30. The molecule has 0 saturated heterocycles. The fourth-order valence-electron chi connectivity index (χ4n) is 3.64. The fraction of sp³-hybridized carbons (Fsp3) is 0.565. The molecule has 0 N–H and O–H groups in total. The van der Waals surface area contributed by atoms with Crippen LogP contribution in [0, 0.1) is 13.8 Å². The first kappa shape index (κ1) is 22.8. The predicted molar refractivity (Wildman–Crippen MR) is 115 cm³/mol. The zero-order chi connectivity index (χ0) is 21.4. The number of hydrogen-bond acceptors (Lipinski definition) is 5. The molecule has 0 aliphatic carbocycles. The van der Waals surface area contributed by atoms with E-state index in [-0.39, 0.29) is 5.91 Å². The van der Waals surface area contributed by atoms with Crippen LogP contribution < -0.4 is 14.2 Å². The van der Waals surface area contributed by atoms with Gasteiger partial charge in [0.15, 0.2) is 11.5 Å². The number of hydrogen-bond donors (Lipinski definition) is 0. The molecule has 0 spiro atoms. The number of aromatic nitrogens is 2. The highest BCUT2D eigenvalue weighted by molar-refractivity contribution is 5.97. The van der Waals surface area contributed by atoms with E-state index in [2.05, 4.69) is 12.0 Å². The Morgan fingerprint density at radius 1 is 0.931 bits per heavy atom. The van der Waals surface area contributed by atoms with Gasteiger partial charge in [-0.25, -0.2) is 4.68 Å². The lowest BCUT2D eigenvalue weighted by Gasteiger charge is -2.14. The fourth-order valence-corrected chi connectivity index (χ4v) is 3.64. The highest BCUT2D eigenvalue weighted by Gasteiger charge is 2.21. The molecule has 2 aromatic rings. The molecule has 0 aliphatic rings. The number of benzene rings is 1. The van der Waals surface area contributed by atoms with Gasteiger partial charge in [0.1, 0.15) is 0 Å². The number of rotatable bonds is 11. The van der Waals surface area contributed by atoms with Crippen LogP contribution in [0.15, 0.2) is 12.1 Å². The van der Waals surface area contributed by atoms with Crippen molar-refractivity contribution in [3.8, 4) is 17.2 Å². The second kappa shape index (κ2) is 10.9. The van der Waals surface area contributed by atoms with Crippen LogP contribution in [0.1, 0.15) is 72.8 Å². The van der Waals surface area contributed by atoms with Gasteiger partial charge in [0.25, 0.3) is 5.91 Å². The molecule has 0 atom stereocenters. The second-order valence-electron chi connectivity index (χ2n) is 7.30. The number of carbonyl (C=O) groups is 1. The quantitative estimate of drug-likeness (QED) is 0.488. The summed E-state index contributed by atoms with van der Waals surface area (Å²) in [6.07, 6.45) is 8.41. The average molecular weight is 403 g/mol. The van der Waals surface area contributed by atoms with Crippen molar-refractivity contribution in [2.75, 3.05) is 21.3 Å². The van der Waals surface area contributed by atoms with Crippen LogP contribution in [-0.2, 0) is 6.42 Å². The van der Waals surface area contributed by atoms with E-state index in [1.807, 2.05) is 13.8 Å². The molecular weight excluding hydrogens is 368 g/mol. The van der Waals surface area contributed by atoms with Crippen molar-refractivity contribution >= 4 is 5.91 Å². The van der Waals surface area contributed by atoms with Gasteiger partial charge in [0, 0.05) is 11.3 Å². The molecule has 6 nitrogen and oxygen atoms in total. The maximum atomic E-state index is 13.2. The molecule has 29 heavy (non-hydrogen) atoms. The highest BCUT2D eigenvalue weighted by atomic mass is 16.5. The average Bonchev–Trinajstić information content (AvgIpc) is 3.02. The third kappa shape index (κ3) is 5.31. The number of carbonyl (C=O) groups excluding carboxylic acids is 1. The predicted octanol–water partition coefficient (Wildman–Crippen LogP) is 5.12. The van der Waals surface area contributed by atoms with Crippen LogP contribution in [0.3, 0.4) is 0 Å². The molecule has 0 unspecified atom stereocenters. The first-order chi connectivity index (χ1) is 14.0. The van der Waals surface area contributed by atoms with Gasteiger partial charge in [0.2, 0.25) is 5.75 Å². The van der Waals surface area contributed by atoms with Gasteiger partial charge < -0.3 is 14.2 Å². The molecule has 0 saturated carbocycles. The summed E-state index contributed by atoms with van der Waals surface area (Å²) in [5.74, 6) is 1.15. The molecule has 0 bridgehead atoms. The molecule has 0 aliphatic heterocycles. The lowest BCUT2D eigenvalue weighted by molar-refractivity contribution is 0.0941. The summed E-state index contributed by atoms with van der Waals surface area (Å²) in [6, 6.07) is 3.32. The standard InChI is InChI=1S/C23H34N2O4/c1-7-8-9-10-11-12-13-19-16(2)24-25(17(19)3)23(26)18-14-20(27-4)22(29-6)21(15-18)28-5/h14-15H,7-13H2,1-6H3. The first-order valence-corrected chi connectivity index (χ1v) is 10.4. The maximum absolute atomic E-state index is 13.2. The summed E-state index contributed by atoms with van der Waals surface area (Å²) >= 11 is 0. The topological polar surface area (TPSA) is 62.6 Å². The largest absolute Gasteiger partial charge is 0.493 e. The molecular formula is C23H34N2O4. The highest BCUT2D eigenvalue weighted by Crippen LogP contribution is 2.38. The van der Waals surface area contributed by atoms with Crippen LogP contribution in [0.5, 0.6) is 17.2 Å². The van der Waals surface area contributed by atoms with Gasteiger partial charge in [-0.1, -0.05) is 39.0 Å². The zero-order valence-electron chi connectivity index (χ0n) is 18.6. The summed E-state index contributed by atoms with van der Waals surface area (Å²) < 4.78 is 17.6. The number of methoxy groups -OCH3 is 3. The molecule has 0 fully saturated rings. The summed E-state index contributed by atoms with van der Waals surface area (Å²) in [5, 5.41) is 4.52. The number of nitrogens with zero attached hydrogens (tertiary/aromatic N) is 2. The van der Waals surface area contributed by atoms with Crippen LogP contribution >= 0.6 is 0 Å². The van der Waals surface area contributed by atoms with Crippen molar-refractivity contribution in [2.45, 2.75) is 65.7 Å². The summed E-state index contributed by atoms with van der Waals surface area (Å²) in [6.45, 7) is 6.16. The van der Waals surface area contributed by atoms with E-state index < -0.39 is 0 Å². The van der Waals surface area contributed by atoms with Crippen molar-refractivity contribution in [3.63, 3.8) is 0 Å². The van der Waals surface area contributed by atoms with E-state index in [1.54, 1.807) is 12.1 Å². The molecule has 1 aromatic carbocycles. The molecule has 2 rings (SSSR count). The van der Waals surface area contributed by atoms with Crippen LogP contribution in [-0.4, -0.2) is 37.0 Å². The first-order valence-electron chi connectivity index (χ1n) is 10.4. The van der Waals surface area contributed by atoms with Crippen LogP contribution in [0.25, 0.3) is 0 Å². The maximum Gasteiger partial charge on any atom is 0.278 e. The third-order valence-electron chi connectivity index (χ3n) is 5.33. The molecule has 0 radical (unpaired) electrons. The van der Waals surface area contributed by atoms with Gasteiger partial charge in [-0.3, -0.25) is 4.79 Å². The Morgan fingerprint density at radius 2 is 1.52 bits per heavy atom. The smallest absolute Gasteiger partial charge is 0.278 e. The Bertz CT molecular complexity index is 802. The summed E-state index contributed by atoms with van der Waals surface area (Å²) in [4.78, 5) is 13.2. The van der Waals surface area contributed by atoms with E-state index in [0.29, 0.717) is 22.8 Å². The monoisotopic (exact) mass is 402 g/mol. The molecule has 1 aromatic heterocycles. The number of aryl methyl sites for hydroxylation is 1. The van der Waals surface area contributed by atoms with Gasteiger partial charge in [-0.05, 0) is 44.4 Å². The van der Waals surface area contributed by atoms with Gasteiger partial charge in [-0.15, -0.1) is 0 Å². The SMILES string of the molecule is CCCCCCCCc1c(C)nn(C(=O)c2cc(OC)c(OC)c(OC)c2)c1C. The molecule has 1 heterocycles. The molecule has 6 heteroatoms. The van der Waals surface area contributed by atoms with Gasteiger partial charge >= 0.3 is 0 Å². The van der Waals surface area contributed by atoms with E-state index in [0.717, 1.165) is 24.2 Å². The van der Waals surface area contributed by atoms with E-state index in [1.165, 1.54) is 63.7 Å². The lowest BCUT2D eigenvalue weighted by Crippen LogP contribution is -2.16. The van der Waals surface area contributed by atoms with Crippen molar-refractivity contribution in [3.05, 3.63) is 34.6 Å². The minimum absolute atomic E-state index is 0.209. The Labute approximate surface area is 174 Å². The lowest BCUT2D eigenvalue weighted by atomic mass is 10.0. The third-order valence-corrected chi connectivity index (χ3v) is 5.33. The van der Waals surface area contributed by atoms with Gasteiger partial charge in [0.05, 0.1) is 27.0 Å².